The van der Waals surface area contributed by atoms with Crippen molar-refractivity contribution in [2.75, 3.05) is 5.01 Å². The number of rotatable bonds is 4. The standard InChI is InChI=1S/C19H22N4O2S/c1-5-13-8-10-14(11-9-13)18-21-23(16(25)7-3)17-19(26-18)22(12(4)20-17)15(24)6-2/h8-11H,5-7H2,1-4H3. The van der Waals surface area contributed by atoms with E-state index in [2.05, 4.69) is 29.1 Å². The summed E-state index contributed by atoms with van der Waals surface area (Å²) in [7, 11) is 0. The van der Waals surface area contributed by atoms with Crippen molar-refractivity contribution in [2.45, 2.75) is 52.0 Å². The first-order chi connectivity index (χ1) is 12.5. The van der Waals surface area contributed by atoms with E-state index in [9.17, 15) is 9.59 Å². The molecule has 0 spiro atoms. The first-order valence-corrected chi connectivity index (χ1v) is 9.63. The maximum Gasteiger partial charge on any atom is 0.248 e. The molecule has 0 atom stereocenters. The number of hydrogen-bond acceptors (Lipinski definition) is 5. The number of hydrogen-bond donors (Lipinski definition) is 0. The van der Waals surface area contributed by atoms with Gasteiger partial charge in [-0.05, 0) is 30.7 Å². The minimum Gasteiger partial charge on any atom is -0.274 e. The second-order valence-corrected chi connectivity index (χ2v) is 6.96. The molecule has 0 aliphatic carbocycles. The highest BCUT2D eigenvalue weighted by Gasteiger charge is 2.32. The Bertz CT molecular complexity index is 884. The summed E-state index contributed by atoms with van der Waals surface area (Å²) in [5, 5.41) is 7.21. The van der Waals surface area contributed by atoms with Gasteiger partial charge in [0.15, 0.2) is 5.82 Å². The van der Waals surface area contributed by atoms with E-state index in [4.69, 9.17) is 0 Å². The Balaban J connectivity index is 2.11. The molecule has 3 rings (SSSR count). The summed E-state index contributed by atoms with van der Waals surface area (Å²) in [6.07, 6.45) is 1.63. The third-order valence-electron chi connectivity index (χ3n) is 4.27. The molecule has 0 unspecified atom stereocenters. The first kappa shape index (κ1) is 18.4. The minimum atomic E-state index is -0.150. The molecule has 0 N–H and O–H groups in total. The van der Waals surface area contributed by atoms with Crippen molar-refractivity contribution >= 4 is 34.4 Å². The van der Waals surface area contributed by atoms with Crippen molar-refractivity contribution in [2.24, 2.45) is 5.10 Å². The van der Waals surface area contributed by atoms with Crippen LogP contribution in [0.1, 0.15) is 55.4 Å². The Hall–Kier alpha value is -2.41. The van der Waals surface area contributed by atoms with Gasteiger partial charge >= 0.3 is 0 Å². The molecular weight excluding hydrogens is 348 g/mol. The Morgan fingerprint density at radius 1 is 1.04 bits per heavy atom. The molecule has 1 aliphatic rings. The molecule has 26 heavy (non-hydrogen) atoms. The molecule has 1 aromatic heterocycles. The summed E-state index contributed by atoms with van der Waals surface area (Å²) >= 11 is 1.38. The van der Waals surface area contributed by atoms with Gasteiger partial charge in [0.1, 0.15) is 15.9 Å². The summed E-state index contributed by atoms with van der Waals surface area (Å²) in [6.45, 7) is 7.48. The number of thioether (sulfide) groups is 1. The van der Waals surface area contributed by atoms with Crippen molar-refractivity contribution in [1.82, 2.24) is 9.55 Å². The number of aromatic nitrogens is 2. The number of nitrogens with zero attached hydrogens (tertiary/aromatic N) is 4. The predicted molar refractivity (Wildman–Crippen MR) is 104 cm³/mol. The Morgan fingerprint density at radius 2 is 1.69 bits per heavy atom. The van der Waals surface area contributed by atoms with Gasteiger partial charge in [-0.1, -0.05) is 45.0 Å². The zero-order valence-electron chi connectivity index (χ0n) is 15.4. The average Bonchev–Trinajstić information content (AvgIpc) is 3.01. The lowest BCUT2D eigenvalue weighted by molar-refractivity contribution is -0.118. The fraction of sp³-hybridized carbons (Fsp3) is 0.368. The van der Waals surface area contributed by atoms with E-state index in [0.29, 0.717) is 34.6 Å². The zero-order valence-corrected chi connectivity index (χ0v) is 16.3. The molecule has 0 fully saturated rings. The molecule has 1 aromatic carbocycles. The van der Waals surface area contributed by atoms with Crippen molar-refractivity contribution in [3.8, 4) is 0 Å². The molecule has 1 aliphatic heterocycles. The molecule has 1 amide bonds. The maximum atomic E-state index is 12.4. The third-order valence-corrected chi connectivity index (χ3v) is 5.34. The van der Waals surface area contributed by atoms with Crippen LogP contribution >= 0.6 is 11.8 Å². The summed E-state index contributed by atoms with van der Waals surface area (Å²) in [5.74, 6) is 0.814. The number of carbonyl (C=O) groups is 2. The lowest BCUT2D eigenvalue weighted by atomic mass is 10.1. The van der Waals surface area contributed by atoms with Gasteiger partial charge in [0.05, 0.1) is 0 Å². The topological polar surface area (TPSA) is 67.6 Å². The van der Waals surface area contributed by atoms with Gasteiger partial charge < -0.3 is 0 Å². The number of fused-ring (bicyclic) bond motifs is 1. The van der Waals surface area contributed by atoms with Gasteiger partial charge in [-0.3, -0.25) is 14.2 Å². The second kappa shape index (κ2) is 7.45. The summed E-state index contributed by atoms with van der Waals surface area (Å²) in [5.41, 5.74) is 2.15. The van der Waals surface area contributed by atoms with E-state index in [-0.39, 0.29) is 11.8 Å². The number of imidazole rings is 1. The van der Waals surface area contributed by atoms with Gasteiger partial charge in [0.25, 0.3) is 0 Å². The maximum absolute atomic E-state index is 12.4. The number of aryl methyl sites for hydroxylation is 2. The summed E-state index contributed by atoms with van der Waals surface area (Å²) in [6, 6.07) is 8.11. The van der Waals surface area contributed by atoms with E-state index in [1.807, 2.05) is 19.1 Å². The van der Waals surface area contributed by atoms with Gasteiger partial charge in [-0.25, -0.2) is 4.98 Å². The average molecular weight is 370 g/mol. The fourth-order valence-electron chi connectivity index (χ4n) is 2.75. The van der Waals surface area contributed by atoms with E-state index >= 15 is 0 Å². The molecule has 0 saturated heterocycles. The molecule has 0 saturated carbocycles. The van der Waals surface area contributed by atoms with Crippen molar-refractivity contribution in [3.05, 3.63) is 41.2 Å². The van der Waals surface area contributed by atoms with Crippen LogP contribution in [0.3, 0.4) is 0 Å². The number of anilines is 1. The SMILES string of the molecule is CCC(=O)N1N=C(c2ccc(CC)cc2)Sc2c1nc(C)n2C(=O)CC. The fourth-order valence-corrected chi connectivity index (χ4v) is 3.86. The minimum absolute atomic E-state index is 0.0461. The third kappa shape index (κ3) is 3.19. The van der Waals surface area contributed by atoms with Gasteiger partial charge in [0.2, 0.25) is 11.8 Å². The number of hydrazone groups is 1. The van der Waals surface area contributed by atoms with Crippen molar-refractivity contribution in [3.63, 3.8) is 0 Å². The largest absolute Gasteiger partial charge is 0.274 e. The highest BCUT2D eigenvalue weighted by Crippen LogP contribution is 2.38. The molecule has 7 heteroatoms. The van der Waals surface area contributed by atoms with Crippen molar-refractivity contribution < 1.29 is 9.59 Å². The van der Waals surface area contributed by atoms with E-state index in [0.717, 1.165) is 12.0 Å². The van der Waals surface area contributed by atoms with Crippen LogP contribution in [0.15, 0.2) is 34.4 Å². The Kier molecular flexibility index (Phi) is 5.27. The monoisotopic (exact) mass is 370 g/mol. The van der Waals surface area contributed by atoms with E-state index in [1.54, 1.807) is 18.4 Å². The summed E-state index contributed by atoms with van der Waals surface area (Å²) < 4.78 is 1.59. The molecule has 0 bridgehead atoms. The predicted octanol–water partition coefficient (Wildman–Crippen LogP) is 4.01. The number of carbonyl (C=O) groups excluding carboxylic acids is 2. The Morgan fingerprint density at radius 3 is 2.27 bits per heavy atom. The van der Waals surface area contributed by atoms with Crippen LogP contribution in [-0.2, 0) is 11.2 Å². The molecule has 2 aromatic rings. The highest BCUT2D eigenvalue weighted by molar-refractivity contribution is 8.14. The summed E-state index contributed by atoms with van der Waals surface area (Å²) in [4.78, 5) is 29.3. The van der Waals surface area contributed by atoms with Crippen LogP contribution in [-0.4, -0.2) is 26.4 Å². The normalized spacial score (nSPS) is 13.4. The quantitative estimate of drug-likeness (QED) is 0.815. The van der Waals surface area contributed by atoms with Crippen LogP contribution in [0.2, 0.25) is 0 Å². The van der Waals surface area contributed by atoms with Crippen LogP contribution in [0.25, 0.3) is 0 Å². The lowest BCUT2D eigenvalue weighted by Crippen LogP contribution is -2.29. The van der Waals surface area contributed by atoms with Gasteiger partial charge in [0, 0.05) is 18.4 Å². The lowest BCUT2D eigenvalue weighted by Gasteiger charge is -2.22. The highest BCUT2D eigenvalue weighted by atomic mass is 32.2. The van der Waals surface area contributed by atoms with Crippen LogP contribution < -0.4 is 5.01 Å². The molecule has 0 radical (unpaired) electrons. The van der Waals surface area contributed by atoms with Gasteiger partial charge in [-0.15, -0.1) is 0 Å². The zero-order chi connectivity index (χ0) is 18.8. The van der Waals surface area contributed by atoms with Crippen molar-refractivity contribution in [1.29, 1.82) is 0 Å². The molecule has 2 heterocycles. The second-order valence-electron chi connectivity index (χ2n) is 5.99. The van der Waals surface area contributed by atoms with Crippen LogP contribution in [0.4, 0.5) is 5.82 Å². The smallest absolute Gasteiger partial charge is 0.248 e. The molecule has 136 valence electrons. The van der Waals surface area contributed by atoms with E-state index < -0.39 is 0 Å². The van der Waals surface area contributed by atoms with Crippen LogP contribution in [0, 0.1) is 6.92 Å². The molecular formula is C19H22N4O2S. The number of benzene rings is 1. The Labute approximate surface area is 157 Å². The number of amides is 1. The van der Waals surface area contributed by atoms with Crippen LogP contribution in [0.5, 0.6) is 0 Å². The van der Waals surface area contributed by atoms with E-state index in [1.165, 1.54) is 22.3 Å². The van der Waals surface area contributed by atoms with Gasteiger partial charge in [-0.2, -0.15) is 10.1 Å². The first-order valence-electron chi connectivity index (χ1n) is 8.81. The molecule has 6 nitrogen and oxygen atoms in total.